The Labute approximate surface area is 76.6 Å². The maximum atomic E-state index is 13.0. The molecule has 0 aliphatic rings. The molecule has 13 heavy (non-hydrogen) atoms. The third kappa shape index (κ3) is 1.97. The first kappa shape index (κ1) is 9.96. The lowest BCUT2D eigenvalue weighted by Crippen LogP contribution is -2.12. The van der Waals surface area contributed by atoms with Crippen LogP contribution < -0.4 is 5.73 Å². The monoisotopic (exact) mass is 185 g/mol. The van der Waals surface area contributed by atoms with E-state index in [1.807, 2.05) is 20.8 Å². The van der Waals surface area contributed by atoms with Gasteiger partial charge in [-0.05, 0) is 23.1 Å². The van der Waals surface area contributed by atoms with E-state index in [1.54, 1.807) is 0 Å². The Kier molecular flexibility index (Phi) is 2.28. The summed E-state index contributed by atoms with van der Waals surface area (Å²) < 4.78 is 26.0. The number of nitrogens with two attached hydrogens (primary N) is 1. The van der Waals surface area contributed by atoms with Gasteiger partial charge in [-0.1, -0.05) is 20.8 Å². The highest BCUT2D eigenvalue weighted by atomic mass is 19.1. The van der Waals surface area contributed by atoms with Crippen molar-refractivity contribution in [2.45, 2.75) is 26.2 Å². The van der Waals surface area contributed by atoms with Crippen molar-refractivity contribution in [3.05, 3.63) is 29.3 Å². The normalized spacial score (nSPS) is 11.8. The number of hydrogen-bond donors (Lipinski definition) is 1. The Morgan fingerprint density at radius 3 is 1.77 bits per heavy atom. The largest absolute Gasteiger partial charge is 0.394 e. The molecule has 0 amide bonds. The van der Waals surface area contributed by atoms with Crippen molar-refractivity contribution in [3.63, 3.8) is 0 Å². The SMILES string of the molecule is CC(C)(C)c1cc(F)c(N)c(F)c1. The van der Waals surface area contributed by atoms with Crippen molar-refractivity contribution in [2.24, 2.45) is 0 Å². The summed E-state index contributed by atoms with van der Waals surface area (Å²) in [5, 5.41) is 0. The minimum absolute atomic E-state index is 0.268. The average molecular weight is 185 g/mol. The van der Waals surface area contributed by atoms with Crippen molar-refractivity contribution in [2.75, 3.05) is 5.73 Å². The van der Waals surface area contributed by atoms with Crippen LogP contribution in [-0.4, -0.2) is 0 Å². The van der Waals surface area contributed by atoms with E-state index in [-0.39, 0.29) is 5.41 Å². The van der Waals surface area contributed by atoms with Crippen LogP contribution in [0.2, 0.25) is 0 Å². The lowest BCUT2D eigenvalue weighted by Gasteiger charge is -2.19. The van der Waals surface area contributed by atoms with E-state index in [9.17, 15) is 8.78 Å². The first-order valence-electron chi connectivity index (χ1n) is 4.07. The second-order valence-corrected chi connectivity index (χ2v) is 4.10. The van der Waals surface area contributed by atoms with Crippen LogP contribution in [0.15, 0.2) is 12.1 Å². The highest BCUT2D eigenvalue weighted by Gasteiger charge is 2.17. The molecule has 0 heterocycles. The van der Waals surface area contributed by atoms with E-state index in [0.29, 0.717) is 5.56 Å². The molecule has 0 atom stereocenters. The summed E-state index contributed by atoms with van der Waals surface area (Å²) >= 11 is 0. The fourth-order valence-corrected chi connectivity index (χ4v) is 1.02. The second-order valence-electron chi connectivity index (χ2n) is 4.10. The van der Waals surface area contributed by atoms with Crippen LogP contribution in [-0.2, 0) is 5.41 Å². The molecule has 0 unspecified atom stereocenters. The molecule has 0 aromatic heterocycles. The lowest BCUT2D eigenvalue weighted by atomic mass is 9.87. The zero-order chi connectivity index (χ0) is 10.2. The van der Waals surface area contributed by atoms with Gasteiger partial charge in [0.1, 0.15) is 17.3 Å². The number of anilines is 1. The Hall–Kier alpha value is -1.12. The summed E-state index contributed by atoms with van der Waals surface area (Å²) in [5.41, 5.74) is 5.07. The molecular weight excluding hydrogens is 172 g/mol. The molecule has 1 nitrogen and oxygen atoms in total. The number of nitrogen functional groups attached to an aromatic ring is 1. The first-order valence-corrected chi connectivity index (χ1v) is 4.07. The van der Waals surface area contributed by atoms with Gasteiger partial charge in [-0.15, -0.1) is 0 Å². The van der Waals surface area contributed by atoms with Crippen LogP contribution in [0.5, 0.6) is 0 Å². The summed E-state index contributed by atoms with van der Waals surface area (Å²) in [5.74, 6) is -1.38. The van der Waals surface area contributed by atoms with Crippen LogP contribution in [0.25, 0.3) is 0 Å². The Morgan fingerprint density at radius 2 is 1.46 bits per heavy atom. The number of benzene rings is 1. The maximum absolute atomic E-state index is 13.0. The van der Waals surface area contributed by atoms with Crippen molar-refractivity contribution in [1.29, 1.82) is 0 Å². The Bertz CT molecular complexity index is 303. The molecular formula is C10H13F2N. The van der Waals surface area contributed by atoms with E-state index >= 15 is 0 Å². The average Bonchev–Trinajstić information content (AvgIpc) is 1.97. The smallest absolute Gasteiger partial charge is 0.149 e. The molecule has 2 N–H and O–H groups in total. The fraction of sp³-hybridized carbons (Fsp3) is 0.400. The summed E-state index contributed by atoms with van der Waals surface area (Å²) in [6.07, 6.45) is 0. The van der Waals surface area contributed by atoms with Gasteiger partial charge in [-0.2, -0.15) is 0 Å². The van der Waals surface area contributed by atoms with Gasteiger partial charge in [0.25, 0.3) is 0 Å². The molecule has 1 aromatic rings. The highest BCUT2D eigenvalue weighted by molar-refractivity contribution is 5.44. The maximum Gasteiger partial charge on any atom is 0.149 e. The van der Waals surface area contributed by atoms with Gasteiger partial charge in [-0.3, -0.25) is 0 Å². The Balaban J connectivity index is 3.29. The van der Waals surface area contributed by atoms with Crippen LogP contribution in [0.1, 0.15) is 26.3 Å². The predicted octanol–water partition coefficient (Wildman–Crippen LogP) is 2.84. The van der Waals surface area contributed by atoms with E-state index in [4.69, 9.17) is 5.73 Å². The van der Waals surface area contributed by atoms with Crippen molar-refractivity contribution in [1.82, 2.24) is 0 Å². The summed E-state index contributed by atoms with van der Waals surface area (Å²) in [6.45, 7) is 5.66. The van der Waals surface area contributed by atoms with Crippen molar-refractivity contribution in [3.8, 4) is 0 Å². The molecule has 1 rings (SSSR count). The molecule has 0 bridgehead atoms. The second kappa shape index (κ2) is 2.98. The van der Waals surface area contributed by atoms with Gasteiger partial charge in [0.15, 0.2) is 0 Å². The molecule has 1 aromatic carbocycles. The molecule has 72 valence electrons. The van der Waals surface area contributed by atoms with E-state index < -0.39 is 17.3 Å². The van der Waals surface area contributed by atoms with Gasteiger partial charge in [0.2, 0.25) is 0 Å². The summed E-state index contributed by atoms with van der Waals surface area (Å²) in [6, 6.07) is 2.55. The quantitative estimate of drug-likeness (QED) is 0.618. The molecule has 0 saturated heterocycles. The molecule has 0 aliphatic heterocycles. The standard InChI is InChI=1S/C10H13F2N/c1-10(2,3)6-4-7(11)9(13)8(12)5-6/h4-5H,13H2,1-3H3. The minimum atomic E-state index is -0.690. The molecule has 0 saturated carbocycles. The van der Waals surface area contributed by atoms with Gasteiger partial charge in [0, 0.05) is 0 Å². The summed E-state index contributed by atoms with van der Waals surface area (Å²) in [4.78, 5) is 0. The number of hydrogen-bond acceptors (Lipinski definition) is 1. The third-order valence-corrected chi connectivity index (χ3v) is 1.95. The van der Waals surface area contributed by atoms with E-state index in [0.717, 1.165) is 0 Å². The van der Waals surface area contributed by atoms with Crippen LogP contribution in [0, 0.1) is 11.6 Å². The predicted molar refractivity (Wildman–Crippen MR) is 49.5 cm³/mol. The van der Waals surface area contributed by atoms with E-state index in [1.165, 1.54) is 12.1 Å². The van der Waals surface area contributed by atoms with E-state index in [2.05, 4.69) is 0 Å². The van der Waals surface area contributed by atoms with Crippen LogP contribution in [0.3, 0.4) is 0 Å². The highest BCUT2D eigenvalue weighted by Crippen LogP contribution is 2.26. The molecule has 0 spiro atoms. The lowest BCUT2D eigenvalue weighted by molar-refractivity contribution is 0.549. The molecule has 0 fully saturated rings. The first-order chi connectivity index (χ1) is 5.82. The van der Waals surface area contributed by atoms with Gasteiger partial charge in [0.05, 0.1) is 0 Å². The molecule has 3 heteroatoms. The molecule has 0 radical (unpaired) electrons. The molecule has 0 aliphatic carbocycles. The van der Waals surface area contributed by atoms with Gasteiger partial charge in [-0.25, -0.2) is 8.78 Å². The zero-order valence-electron chi connectivity index (χ0n) is 7.99. The van der Waals surface area contributed by atoms with Gasteiger partial charge < -0.3 is 5.73 Å². The number of halogens is 2. The zero-order valence-corrected chi connectivity index (χ0v) is 7.99. The van der Waals surface area contributed by atoms with Crippen LogP contribution in [0.4, 0.5) is 14.5 Å². The summed E-state index contributed by atoms with van der Waals surface area (Å²) in [7, 11) is 0. The third-order valence-electron chi connectivity index (χ3n) is 1.95. The topological polar surface area (TPSA) is 26.0 Å². The minimum Gasteiger partial charge on any atom is -0.394 e. The van der Waals surface area contributed by atoms with Crippen molar-refractivity contribution >= 4 is 5.69 Å². The van der Waals surface area contributed by atoms with Crippen LogP contribution >= 0.6 is 0 Å². The Morgan fingerprint density at radius 1 is 1.08 bits per heavy atom. The van der Waals surface area contributed by atoms with Crippen molar-refractivity contribution < 1.29 is 8.78 Å². The van der Waals surface area contributed by atoms with Gasteiger partial charge >= 0.3 is 0 Å². The fourth-order valence-electron chi connectivity index (χ4n) is 1.02. The number of rotatable bonds is 0.